The summed E-state index contributed by atoms with van der Waals surface area (Å²) in [5.41, 5.74) is 0. The monoisotopic (exact) mass is 202 g/mol. The van der Waals surface area contributed by atoms with Crippen molar-refractivity contribution in [3.63, 3.8) is 0 Å². The van der Waals surface area contributed by atoms with Gasteiger partial charge in [0.1, 0.15) is 10.7 Å². The van der Waals surface area contributed by atoms with Crippen LogP contribution in [0.1, 0.15) is 13.3 Å². The number of hydrogen-bond donors (Lipinski definition) is 0. The molecule has 2 nitrogen and oxygen atoms in total. The average molecular weight is 202 g/mol. The van der Waals surface area contributed by atoms with Crippen molar-refractivity contribution in [1.29, 1.82) is 0 Å². The quantitative estimate of drug-likeness (QED) is 0.751. The van der Waals surface area contributed by atoms with Crippen molar-refractivity contribution in [3.05, 3.63) is 30.1 Å². The second-order valence-corrected chi connectivity index (χ2v) is 4.83. The fourth-order valence-electron chi connectivity index (χ4n) is 1.08. The summed E-state index contributed by atoms with van der Waals surface area (Å²) >= 11 is 0. The smallest absolute Gasteiger partial charge is 0.181 e. The van der Waals surface area contributed by atoms with Crippen LogP contribution in [0.25, 0.3) is 0 Å². The first-order valence-corrected chi connectivity index (χ1v) is 5.70. The minimum atomic E-state index is -3.42. The van der Waals surface area contributed by atoms with E-state index in [1.54, 1.807) is 6.92 Å². The highest BCUT2D eigenvalue weighted by atomic mass is 32.2. The van der Waals surface area contributed by atoms with Crippen LogP contribution in [0.2, 0.25) is 0 Å². The molecule has 4 heteroatoms. The van der Waals surface area contributed by atoms with Crippen molar-refractivity contribution in [2.45, 2.75) is 18.2 Å². The Kier molecular flexibility index (Phi) is 3.03. The third kappa shape index (κ3) is 2.28. The normalized spacial score (nSPS) is 11.5. The Morgan fingerprint density at radius 3 is 2.46 bits per heavy atom. The van der Waals surface area contributed by atoms with E-state index in [0.29, 0.717) is 6.42 Å². The van der Waals surface area contributed by atoms with Crippen LogP contribution in [0.15, 0.2) is 29.2 Å². The van der Waals surface area contributed by atoms with Crippen molar-refractivity contribution in [1.82, 2.24) is 0 Å². The maximum atomic E-state index is 13.0. The van der Waals surface area contributed by atoms with Gasteiger partial charge in [0.15, 0.2) is 9.84 Å². The van der Waals surface area contributed by atoms with Crippen molar-refractivity contribution < 1.29 is 12.8 Å². The van der Waals surface area contributed by atoms with Crippen molar-refractivity contribution >= 4 is 9.84 Å². The first kappa shape index (κ1) is 10.2. The molecule has 0 aliphatic carbocycles. The molecule has 0 bridgehead atoms. The largest absolute Gasteiger partial charge is 0.224 e. The van der Waals surface area contributed by atoms with Gasteiger partial charge in [-0.3, -0.25) is 0 Å². The van der Waals surface area contributed by atoms with Crippen molar-refractivity contribution in [2.24, 2.45) is 0 Å². The highest BCUT2D eigenvalue weighted by Crippen LogP contribution is 2.15. The van der Waals surface area contributed by atoms with Crippen LogP contribution in [-0.2, 0) is 9.84 Å². The summed E-state index contributed by atoms with van der Waals surface area (Å²) in [6.07, 6.45) is 0.497. The van der Waals surface area contributed by atoms with Gasteiger partial charge in [-0.1, -0.05) is 19.1 Å². The van der Waals surface area contributed by atoms with Crippen molar-refractivity contribution in [3.8, 4) is 0 Å². The van der Waals surface area contributed by atoms with E-state index in [4.69, 9.17) is 0 Å². The Morgan fingerprint density at radius 1 is 1.31 bits per heavy atom. The van der Waals surface area contributed by atoms with Crippen LogP contribution in [0.3, 0.4) is 0 Å². The number of halogens is 1. The minimum absolute atomic E-state index is 0.00602. The van der Waals surface area contributed by atoms with Crippen LogP contribution < -0.4 is 0 Å². The topological polar surface area (TPSA) is 34.1 Å². The van der Waals surface area contributed by atoms with E-state index < -0.39 is 15.7 Å². The Morgan fingerprint density at radius 2 is 1.92 bits per heavy atom. The Bertz CT molecular complexity index is 384. The second kappa shape index (κ2) is 3.87. The van der Waals surface area contributed by atoms with E-state index in [-0.39, 0.29) is 10.6 Å². The number of hydrogen-bond acceptors (Lipinski definition) is 2. The highest BCUT2D eigenvalue weighted by Gasteiger charge is 2.16. The number of benzene rings is 1. The molecule has 0 amide bonds. The Balaban J connectivity index is 3.15. The molecule has 0 fully saturated rings. The van der Waals surface area contributed by atoms with Crippen LogP contribution in [0.4, 0.5) is 4.39 Å². The molecule has 0 heterocycles. The minimum Gasteiger partial charge on any atom is -0.224 e. The zero-order valence-corrected chi connectivity index (χ0v) is 8.14. The lowest BCUT2D eigenvalue weighted by Gasteiger charge is -2.02. The predicted molar refractivity (Wildman–Crippen MR) is 48.7 cm³/mol. The molecule has 1 rings (SSSR count). The standard InChI is InChI=1S/C9H11FO2S/c1-2-7-13(11,12)9-6-4-3-5-8(9)10/h3-6H,2,7H2,1H3. The molecule has 0 aromatic heterocycles. The van der Waals surface area contributed by atoms with E-state index >= 15 is 0 Å². The van der Waals surface area contributed by atoms with Crippen LogP contribution in [0.5, 0.6) is 0 Å². The second-order valence-electron chi connectivity index (χ2n) is 2.75. The summed E-state index contributed by atoms with van der Waals surface area (Å²) in [5.74, 6) is -0.676. The van der Waals surface area contributed by atoms with Crippen molar-refractivity contribution in [2.75, 3.05) is 5.75 Å². The first-order chi connectivity index (χ1) is 6.08. The molecule has 13 heavy (non-hydrogen) atoms. The molecule has 0 aliphatic heterocycles. The predicted octanol–water partition coefficient (Wildman–Crippen LogP) is 2.01. The lowest BCUT2D eigenvalue weighted by atomic mass is 10.3. The zero-order chi connectivity index (χ0) is 9.90. The molecule has 0 spiro atoms. The molecule has 0 aliphatic rings. The third-order valence-corrected chi connectivity index (χ3v) is 3.59. The van der Waals surface area contributed by atoms with Gasteiger partial charge in [-0.15, -0.1) is 0 Å². The molecule has 0 saturated heterocycles. The van der Waals surface area contributed by atoms with Gasteiger partial charge >= 0.3 is 0 Å². The van der Waals surface area contributed by atoms with Gasteiger partial charge in [-0.2, -0.15) is 0 Å². The van der Waals surface area contributed by atoms with E-state index in [0.717, 1.165) is 6.07 Å². The average Bonchev–Trinajstić information content (AvgIpc) is 2.04. The highest BCUT2D eigenvalue weighted by molar-refractivity contribution is 7.91. The van der Waals surface area contributed by atoms with Gasteiger partial charge in [0, 0.05) is 0 Å². The molecule has 0 atom stereocenters. The lowest BCUT2D eigenvalue weighted by molar-refractivity contribution is 0.566. The molecule has 1 aromatic carbocycles. The lowest BCUT2D eigenvalue weighted by Crippen LogP contribution is -2.07. The van der Waals surface area contributed by atoms with Gasteiger partial charge in [0.2, 0.25) is 0 Å². The van der Waals surface area contributed by atoms with Crippen LogP contribution >= 0.6 is 0 Å². The molecular formula is C9H11FO2S. The Hall–Kier alpha value is -0.900. The molecule has 1 aromatic rings. The fourth-order valence-corrected chi connectivity index (χ4v) is 2.48. The molecule has 0 unspecified atom stereocenters. The molecular weight excluding hydrogens is 191 g/mol. The maximum absolute atomic E-state index is 13.0. The van der Waals surface area contributed by atoms with Gasteiger partial charge < -0.3 is 0 Å². The Labute approximate surface area is 77.3 Å². The van der Waals surface area contributed by atoms with Gasteiger partial charge in [-0.25, -0.2) is 12.8 Å². The molecule has 0 radical (unpaired) electrons. The molecule has 0 N–H and O–H groups in total. The van der Waals surface area contributed by atoms with Gasteiger partial charge in [0.05, 0.1) is 5.75 Å². The van der Waals surface area contributed by atoms with E-state index in [9.17, 15) is 12.8 Å². The zero-order valence-electron chi connectivity index (χ0n) is 7.33. The molecule has 0 saturated carbocycles. The fraction of sp³-hybridized carbons (Fsp3) is 0.333. The van der Waals surface area contributed by atoms with E-state index in [2.05, 4.69) is 0 Å². The summed E-state index contributed by atoms with van der Waals surface area (Å²) in [7, 11) is -3.42. The molecule has 72 valence electrons. The maximum Gasteiger partial charge on any atom is 0.181 e. The summed E-state index contributed by atoms with van der Waals surface area (Å²) in [6.45, 7) is 1.75. The first-order valence-electron chi connectivity index (χ1n) is 4.05. The SMILES string of the molecule is CCCS(=O)(=O)c1ccccc1F. The van der Waals surface area contributed by atoms with Gasteiger partial charge in [-0.05, 0) is 18.6 Å². The summed E-state index contributed by atoms with van der Waals surface area (Å²) in [4.78, 5) is -0.197. The van der Waals surface area contributed by atoms with E-state index in [1.807, 2.05) is 0 Å². The number of sulfone groups is 1. The summed E-state index contributed by atoms with van der Waals surface area (Å²) < 4.78 is 35.9. The van der Waals surface area contributed by atoms with E-state index in [1.165, 1.54) is 18.2 Å². The number of rotatable bonds is 3. The van der Waals surface area contributed by atoms with Crippen LogP contribution in [0, 0.1) is 5.82 Å². The van der Waals surface area contributed by atoms with Crippen LogP contribution in [-0.4, -0.2) is 14.2 Å². The van der Waals surface area contributed by atoms with Gasteiger partial charge in [0.25, 0.3) is 0 Å². The third-order valence-electron chi connectivity index (χ3n) is 1.64. The summed E-state index contributed by atoms with van der Waals surface area (Å²) in [6, 6.07) is 5.44. The summed E-state index contributed by atoms with van der Waals surface area (Å²) in [5, 5.41) is 0.